The first-order valence-corrected chi connectivity index (χ1v) is 6.11. The summed E-state index contributed by atoms with van der Waals surface area (Å²) in [5.74, 6) is 0.630. The minimum absolute atomic E-state index is 0.595. The van der Waals surface area contributed by atoms with Crippen LogP contribution >= 0.6 is 0 Å². The molecule has 2 rings (SSSR count). The maximum absolute atomic E-state index is 3.63. The molecule has 1 heteroatoms. The van der Waals surface area contributed by atoms with Crippen molar-refractivity contribution in [1.29, 1.82) is 0 Å². The van der Waals surface area contributed by atoms with Gasteiger partial charge < -0.3 is 5.32 Å². The maximum atomic E-state index is 3.63. The van der Waals surface area contributed by atoms with Gasteiger partial charge in [0.25, 0.3) is 0 Å². The fourth-order valence-corrected chi connectivity index (χ4v) is 2.47. The zero-order valence-corrected chi connectivity index (χ0v) is 9.79. The van der Waals surface area contributed by atoms with Crippen LogP contribution in [0.4, 0.5) is 0 Å². The van der Waals surface area contributed by atoms with Crippen LogP contribution in [0.25, 0.3) is 0 Å². The molecule has 1 N–H and O–H groups in total. The molecule has 1 atom stereocenters. The van der Waals surface area contributed by atoms with Gasteiger partial charge in [0.1, 0.15) is 0 Å². The predicted molar refractivity (Wildman–Crippen MR) is 65.1 cm³/mol. The molecule has 1 unspecified atom stereocenters. The number of nitrogens with one attached hydrogen (secondary N) is 1. The highest BCUT2D eigenvalue weighted by Crippen LogP contribution is 2.29. The molecule has 1 heterocycles. The van der Waals surface area contributed by atoms with E-state index in [1.165, 1.54) is 36.9 Å². The summed E-state index contributed by atoms with van der Waals surface area (Å²) in [4.78, 5) is 0. The zero-order chi connectivity index (χ0) is 10.7. The fraction of sp³-hybridized carbons (Fsp3) is 0.571. The van der Waals surface area contributed by atoms with E-state index >= 15 is 0 Å². The van der Waals surface area contributed by atoms with Gasteiger partial charge in [0.2, 0.25) is 0 Å². The Morgan fingerprint density at radius 1 is 1.20 bits per heavy atom. The van der Waals surface area contributed by atoms with Crippen LogP contribution in [0.1, 0.15) is 56.2 Å². The number of benzene rings is 1. The Labute approximate surface area is 92.9 Å². The smallest absolute Gasteiger partial charge is 0.0323 e. The molecule has 1 aromatic rings. The topological polar surface area (TPSA) is 12.0 Å². The highest BCUT2D eigenvalue weighted by Gasteiger charge is 2.18. The quantitative estimate of drug-likeness (QED) is 0.774. The molecular formula is C14H21N. The molecule has 0 bridgehead atoms. The van der Waals surface area contributed by atoms with Crippen LogP contribution in [0.15, 0.2) is 24.3 Å². The van der Waals surface area contributed by atoms with Gasteiger partial charge in [-0.05, 0) is 36.4 Å². The van der Waals surface area contributed by atoms with Crippen molar-refractivity contribution in [2.75, 3.05) is 6.54 Å². The van der Waals surface area contributed by atoms with Gasteiger partial charge in [-0.25, -0.2) is 0 Å². The van der Waals surface area contributed by atoms with Gasteiger partial charge in [-0.2, -0.15) is 0 Å². The van der Waals surface area contributed by atoms with Gasteiger partial charge in [0.05, 0.1) is 0 Å². The first kappa shape index (κ1) is 10.7. The molecule has 1 nitrogen and oxygen atoms in total. The van der Waals surface area contributed by atoms with Crippen LogP contribution in [-0.2, 0) is 0 Å². The third-order valence-corrected chi connectivity index (χ3v) is 3.30. The lowest BCUT2D eigenvalue weighted by Gasteiger charge is -2.26. The lowest BCUT2D eigenvalue weighted by molar-refractivity contribution is 0.409. The van der Waals surface area contributed by atoms with Crippen LogP contribution < -0.4 is 5.32 Å². The van der Waals surface area contributed by atoms with Gasteiger partial charge in [0, 0.05) is 6.04 Å². The summed E-state index contributed by atoms with van der Waals surface area (Å²) in [5, 5.41) is 3.63. The molecule has 15 heavy (non-hydrogen) atoms. The van der Waals surface area contributed by atoms with Crippen LogP contribution in [-0.4, -0.2) is 6.54 Å². The lowest BCUT2D eigenvalue weighted by atomic mass is 9.89. The van der Waals surface area contributed by atoms with Crippen molar-refractivity contribution in [3.63, 3.8) is 0 Å². The molecular weight excluding hydrogens is 182 g/mol. The number of hydrogen-bond acceptors (Lipinski definition) is 1. The Kier molecular flexibility index (Phi) is 3.42. The van der Waals surface area contributed by atoms with Crippen molar-refractivity contribution in [2.45, 2.75) is 45.1 Å². The minimum atomic E-state index is 0.595. The van der Waals surface area contributed by atoms with E-state index in [4.69, 9.17) is 0 Å². The Balaban J connectivity index is 2.25. The van der Waals surface area contributed by atoms with Gasteiger partial charge in [-0.15, -0.1) is 0 Å². The zero-order valence-electron chi connectivity index (χ0n) is 9.79. The molecule has 1 aliphatic rings. The molecule has 0 radical (unpaired) electrons. The van der Waals surface area contributed by atoms with Gasteiger partial charge in [-0.3, -0.25) is 0 Å². The van der Waals surface area contributed by atoms with Crippen LogP contribution in [0.3, 0.4) is 0 Å². The maximum Gasteiger partial charge on any atom is 0.0323 e. The standard InChI is InChI=1S/C14H21N/c1-11(2)12-7-3-4-8-13(12)14-9-5-6-10-15-14/h3-4,7-8,11,14-15H,5-6,9-10H2,1-2H3. The molecule has 1 aliphatic heterocycles. The van der Waals surface area contributed by atoms with Crippen LogP contribution in [0, 0.1) is 0 Å². The molecule has 1 saturated heterocycles. The monoisotopic (exact) mass is 203 g/mol. The second kappa shape index (κ2) is 4.80. The largest absolute Gasteiger partial charge is 0.310 e. The average Bonchev–Trinajstić information content (AvgIpc) is 2.30. The number of rotatable bonds is 2. The molecule has 0 spiro atoms. The third kappa shape index (κ3) is 2.40. The van der Waals surface area contributed by atoms with E-state index in [2.05, 4.69) is 43.4 Å². The molecule has 0 aliphatic carbocycles. The Bertz CT molecular complexity index is 311. The number of piperidine rings is 1. The van der Waals surface area contributed by atoms with E-state index in [-0.39, 0.29) is 0 Å². The molecule has 1 aromatic carbocycles. The summed E-state index contributed by atoms with van der Waals surface area (Å²) in [5.41, 5.74) is 3.03. The molecule has 0 saturated carbocycles. The van der Waals surface area contributed by atoms with Crippen LogP contribution in [0.2, 0.25) is 0 Å². The summed E-state index contributed by atoms with van der Waals surface area (Å²) < 4.78 is 0. The fourth-order valence-electron chi connectivity index (χ4n) is 2.47. The Morgan fingerprint density at radius 2 is 2.00 bits per heavy atom. The van der Waals surface area contributed by atoms with Crippen molar-refractivity contribution in [3.8, 4) is 0 Å². The molecule has 0 amide bonds. The lowest BCUT2D eigenvalue weighted by Crippen LogP contribution is -2.27. The third-order valence-electron chi connectivity index (χ3n) is 3.30. The number of hydrogen-bond donors (Lipinski definition) is 1. The molecule has 82 valence electrons. The normalized spacial score (nSPS) is 21.9. The molecule has 0 aromatic heterocycles. The van der Waals surface area contributed by atoms with Gasteiger partial charge >= 0.3 is 0 Å². The Morgan fingerprint density at radius 3 is 2.67 bits per heavy atom. The van der Waals surface area contributed by atoms with Crippen molar-refractivity contribution < 1.29 is 0 Å². The van der Waals surface area contributed by atoms with E-state index in [0.717, 1.165) is 0 Å². The van der Waals surface area contributed by atoms with E-state index in [1.807, 2.05) is 0 Å². The van der Waals surface area contributed by atoms with Gasteiger partial charge in [-0.1, -0.05) is 44.5 Å². The second-order valence-electron chi connectivity index (χ2n) is 4.79. The van der Waals surface area contributed by atoms with Crippen molar-refractivity contribution >= 4 is 0 Å². The van der Waals surface area contributed by atoms with E-state index in [0.29, 0.717) is 12.0 Å². The predicted octanol–water partition coefficient (Wildman–Crippen LogP) is 3.62. The second-order valence-corrected chi connectivity index (χ2v) is 4.79. The highest BCUT2D eigenvalue weighted by atomic mass is 14.9. The average molecular weight is 203 g/mol. The summed E-state index contributed by atoms with van der Waals surface area (Å²) in [6.07, 6.45) is 3.99. The Hall–Kier alpha value is -0.820. The molecule has 1 fully saturated rings. The van der Waals surface area contributed by atoms with Gasteiger partial charge in [0.15, 0.2) is 0 Å². The summed E-state index contributed by atoms with van der Waals surface area (Å²) in [6.45, 7) is 5.74. The van der Waals surface area contributed by atoms with E-state index < -0.39 is 0 Å². The van der Waals surface area contributed by atoms with Crippen molar-refractivity contribution in [3.05, 3.63) is 35.4 Å². The first-order valence-electron chi connectivity index (χ1n) is 6.11. The summed E-state index contributed by atoms with van der Waals surface area (Å²) >= 11 is 0. The minimum Gasteiger partial charge on any atom is -0.310 e. The van der Waals surface area contributed by atoms with E-state index in [1.54, 1.807) is 0 Å². The first-order chi connectivity index (χ1) is 7.29. The van der Waals surface area contributed by atoms with Crippen molar-refractivity contribution in [1.82, 2.24) is 5.32 Å². The van der Waals surface area contributed by atoms with Crippen molar-refractivity contribution in [2.24, 2.45) is 0 Å². The SMILES string of the molecule is CC(C)c1ccccc1C1CCCCN1. The van der Waals surface area contributed by atoms with E-state index in [9.17, 15) is 0 Å². The highest BCUT2D eigenvalue weighted by molar-refractivity contribution is 5.32. The van der Waals surface area contributed by atoms with Crippen LogP contribution in [0.5, 0.6) is 0 Å². The summed E-state index contributed by atoms with van der Waals surface area (Å²) in [6, 6.07) is 9.48. The summed E-state index contributed by atoms with van der Waals surface area (Å²) in [7, 11) is 0.